The van der Waals surface area contributed by atoms with Crippen molar-refractivity contribution in [3.8, 4) is 5.75 Å². The highest BCUT2D eigenvalue weighted by Crippen LogP contribution is 2.50. The van der Waals surface area contributed by atoms with Crippen LogP contribution >= 0.6 is 11.6 Å². The van der Waals surface area contributed by atoms with E-state index >= 15 is 0 Å². The topological polar surface area (TPSA) is 12.5 Å². The van der Waals surface area contributed by atoms with Crippen LogP contribution in [0.1, 0.15) is 25.0 Å². The van der Waals surface area contributed by atoms with Crippen molar-refractivity contribution < 1.29 is 4.74 Å². The normalized spacial score (nSPS) is 15.8. The minimum Gasteiger partial charge on any atom is -0.487 e. The Morgan fingerprint density at radius 3 is 2.59 bits per heavy atom. The number of halogens is 1. The molecule has 3 heteroatoms. The molecule has 0 saturated carbocycles. The first-order chi connectivity index (χ1) is 10.4. The highest BCUT2D eigenvalue weighted by Gasteiger charge is 2.39. The number of ether oxygens (including phenoxy) is 1. The van der Waals surface area contributed by atoms with Crippen LogP contribution in [0.15, 0.2) is 54.7 Å². The minimum absolute atomic E-state index is 0.0756. The maximum Gasteiger partial charge on any atom is 0.143 e. The van der Waals surface area contributed by atoms with E-state index in [-0.39, 0.29) is 5.41 Å². The number of benzene rings is 2. The lowest BCUT2D eigenvalue weighted by Crippen LogP contribution is -2.21. The third-order valence-corrected chi connectivity index (χ3v) is 4.84. The Hall–Kier alpha value is -1.93. The summed E-state index contributed by atoms with van der Waals surface area (Å²) in [7, 11) is 2.04. The summed E-state index contributed by atoms with van der Waals surface area (Å²) in [6.45, 7) is 9.06. The second kappa shape index (κ2) is 5.36. The fraction of sp³-hybridized carbons (Fsp3) is 0.263. The third kappa shape index (κ3) is 2.28. The number of rotatable bonds is 3. The summed E-state index contributed by atoms with van der Waals surface area (Å²) in [5.74, 6) is 0.867. The average molecular weight is 314 g/mol. The number of allylic oxidation sites excluding steroid dienone is 1. The van der Waals surface area contributed by atoms with E-state index in [4.69, 9.17) is 16.3 Å². The zero-order valence-corrected chi connectivity index (χ0v) is 13.9. The van der Waals surface area contributed by atoms with Crippen molar-refractivity contribution >= 4 is 17.3 Å². The SMILES string of the molecule is C=C1N(C)c2c(OCc3ccccc3Cl)cccc2C1(C)C. The molecule has 0 amide bonds. The van der Waals surface area contributed by atoms with E-state index in [2.05, 4.69) is 31.4 Å². The molecule has 0 saturated heterocycles. The van der Waals surface area contributed by atoms with Crippen LogP contribution in [0.5, 0.6) is 5.75 Å². The fourth-order valence-electron chi connectivity index (χ4n) is 2.97. The predicted octanol–water partition coefficient (Wildman–Crippen LogP) is 5.16. The standard InChI is InChI=1S/C19H20ClNO/c1-13-19(2,3)15-9-7-11-17(18(15)21(13)4)22-12-14-8-5-6-10-16(14)20/h5-11H,1,12H2,2-4H3. The maximum atomic E-state index is 6.20. The summed E-state index contributed by atoms with van der Waals surface area (Å²) in [4.78, 5) is 2.12. The van der Waals surface area contributed by atoms with Gasteiger partial charge in [0.25, 0.3) is 0 Å². The van der Waals surface area contributed by atoms with Crippen molar-refractivity contribution in [1.29, 1.82) is 0 Å². The molecule has 2 aromatic carbocycles. The molecule has 2 aromatic rings. The summed E-state index contributed by atoms with van der Waals surface area (Å²) in [6.07, 6.45) is 0. The second-order valence-corrected chi connectivity index (χ2v) is 6.57. The van der Waals surface area contributed by atoms with Gasteiger partial charge >= 0.3 is 0 Å². The van der Waals surface area contributed by atoms with Gasteiger partial charge in [-0.1, -0.05) is 62.4 Å². The molecule has 0 aliphatic carbocycles. The number of para-hydroxylation sites is 1. The van der Waals surface area contributed by atoms with Crippen LogP contribution in [0.2, 0.25) is 5.02 Å². The third-order valence-electron chi connectivity index (χ3n) is 4.48. The number of hydrogen-bond donors (Lipinski definition) is 0. The zero-order chi connectivity index (χ0) is 15.9. The van der Waals surface area contributed by atoms with Crippen molar-refractivity contribution in [2.24, 2.45) is 0 Å². The zero-order valence-electron chi connectivity index (χ0n) is 13.2. The fourth-order valence-corrected chi connectivity index (χ4v) is 3.16. The molecule has 3 rings (SSSR count). The predicted molar refractivity (Wildman–Crippen MR) is 92.8 cm³/mol. The van der Waals surface area contributed by atoms with Crippen molar-refractivity contribution in [2.45, 2.75) is 25.9 Å². The van der Waals surface area contributed by atoms with Crippen molar-refractivity contribution in [2.75, 3.05) is 11.9 Å². The molecule has 2 nitrogen and oxygen atoms in total. The van der Waals surface area contributed by atoms with Gasteiger partial charge in [0, 0.05) is 28.7 Å². The molecule has 1 aliphatic rings. The Labute approximate surface area is 137 Å². The minimum atomic E-state index is -0.0756. The largest absolute Gasteiger partial charge is 0.487 e. The Morgan fingerprint density at radius 1 is 1.14 bits per heavy atom. The van der Waals surface area contributed by atoms with Crippen LogP contribution in [-0.2, 0) is 12.0 Å². The molecule has 0 spiro atoms. The van der Waals surface area contributed by atoms with Gasteiger partial charge in [0.2, 0.25) is 0 Å². The Balaban J connectivity index is 1.93. The number of fused-ring (bicyclic) bond motifs is 1. The van der Waals surface area contributed by atoms with Gasteiger partial charge in [-0.25, -0.2) is 0 Å². The van der Waals surface area contributed by atoms with Crippen LogP contribution in [-0.4, -0.2) is 7.05 Å². The lowest BCUT2D eigenvalue weighted by atomic mass is 9.84. The first kappa shape index (κ1) is 15.0. The highest BCUT2D eigenvalue weighted by atomic mass is 35.5. The van der Waals surface area contributed by atoms with Gasteiger partial charge < -0.3 is 9.64 Å². The van der Waals surface area contributed by atoms with E-state index in [0.717, 1.165) is 27.7 Å². The van der Waals surface area contributed by atoms with E-state index in [1.807, 2.05) is 43.4 Å². The van der Waals surface area contributed by atoms with Crippen molar-refractivity contribution in [3.63, 3.8) is 0 Å². The second-order valence-electron chi connectivity index (χ2n) is 6.16. The van der Waals surface area contributed by atoms with E-state index < -0.39 is 0 Å². The molecule has 22 heavy (non-hydrogen) atoms. The molecule has 0 N–H and O–H groups in total. The quantitative estimate of drug-likeness (QED) is 0.776. The Kier molecular flexibility index (Phi) is 3.65. The van der Waals surface area contributed by atoms with Crippen molar-refractivity contribution in [3.05, 3.63) is 70.9 Å². The van der Waals surface area contributed by atoms with E-state index in [0.29, 0.717) is 6.61 Å². The van der Waals surface area contributed by atoms with Gasteiger partial charge in [0.05, 0.1) is 5.69 Å². The first-order valence-electron chi connectivity index (χ1n) is 7.35. The molecule has 114 valence electrons. The number of hydrogen-bond acceptors (Lipinski definition) is 2. The molecule has 0 bridgehead atoms. The van der Waals surface area contributed by atoms with Gasteiger partial charge in [-0.3, -0.25) is 0 Å². The lowest BCUT2D eigenvalue weighted by molar-refractivity contribution is 0.307. The molecular weight excluding hydrogens is 294 g/mol. The van der Waals surface area contributed by atoms with E-state index in [1.165, 1.54) is 5.56 Å². The molecule has 0 aromatic heterocycles. The number of anilines is 1. The Bertz CT molecular complexity index is 736. The van der Waals surface area contributed by atoms with Crippen molar-refractivity contribution in [1.82, 2.24) is 0 Å². The van der Waals surface area contributed by atoms with Crippen LogP contribution in [0.25, 0.3) is 0 Å². The monoisotopic (exact) mass is 313 g/mol. The summed E-state index contributed by atoms with van der Waals surface area (Å²) < 4.78 is 6.06. The van der Waals surface area contributed by atoms with Crippen LogP contribution < -0.4 is 9.64 Å². The molecule has 0 unspecified atom stereocenters. The first-order valence-corrected chi connectivity index (χ1v) is 7.73. The van der Waals surface area contributed by atoms with Gasteiger partial charge in [0.1, 0.15) is 12.4 Å². The summed E-state index contributed by atoms with van der Waals surface area (Å²) >= 11 is 6.20. The maximum absolute atomic E-state index is 6.20. The molecule has 0 radical (unpaired) electrons. The molecular formula is C19H20ClNO. The van der Waals surface area contributed by atoms with Crippen LogP contribution in [0.4, 0.5) is 5.69 Å². The highest BCUT2D eigenvalue weighted by molar-refractivity contribution is 6.31. The van der Waals surface area contributed by atoms with Gasteiger partial charge in [-0.2, -0.15) is 0 Å². The molecule has 0 atom stereocenters. The summed E-state index contributed by atoms with van der Waals surface area (Å²) in [5.41, 5.74) is 4.34. The van der Waals surface area contributed by atoms with E-state index in [9.17, 15) is 0 Å². The molecule has 0 fully saturated rings. The number of nitrogens with zero attached hydrogens (tertiary/aromatic N) is 1. The Morgan fingerprint density at radius 2 is 1.86 bits per heavy atom. The summed E-state index contributed by atoms with van der Waals surface area (Å²) in [6, 6.07) is 13.9. The van der Waals surface area contributed by atoms with Gasteiger partial charge in [-0.15, -0.1) is 0 Å². The lowest BCUT2D eigenvalue weighted by Gasteiger charge is -2.22. The average Bonchev–Trinajstić information content (AvgIpc) is 2.68. The van der Waals surface area contributed by atoms with E-state index in [1.54, 1.807) is 0 Å². The van der Waals surface area contributed by atoms with Gasteiger partial charge in [0.15, 0.2) is 0 Å². The van der Waals surface area contributed by atoms with Gasteiger partial charge in [-0.05, 0) is 17.7 Å². The smallest absolute Gasteiger partial charge is 0.143 e. The molecule has 1 aliphatic heterocycles. The molecule has 1 heterocycles. The number of likely N-dealkylation sites (N-methyl/N-ethyl adjacent to an activating group) is 1. The van der Waals surface area contributed by atoms with Crippen LogP contribution in [0, 0.1) is 0 Å². The van der Waals surface area contributed by atoms with Crippen LogP contribution in [0.3, 0.4) is 0 Å². The summed E-state index contributed by atoms with van der Waals surface area (Å²) in [5, 5.41) is 0.730.